The van der Waals surface area contributed by atoms with Gasteiger partial charge in [0.15, 0.2) is 0 Å². The Morgan fingerprint density at radius 2 is 1.84 bits per heavy atom. The molecule has 3 nitrogen and oxygen atoms in total. The summed E-state index contributed by atoms with van der Waals surface area (Å²) >= 11 is 0. The van der Waals surface area contributed by atoms with Gasteiger partial charge in [0, 0.05) is 0 Å². The smallest absolute Gasteiger partial charge is 0.339 e. The molecule has 0 radical (unpaired) electrons. The predicted octanol–water partition coefficient (Wildman–Crippen LogP) is 3.93. The normalized spacial score (nSPS) is 10.3. The van der Waals surface area contributed by atoms with E-state index >= 15 is 0 Å². The lowest BCUT2D eigenvalue weighted by Gasteiger charge is -2.11. The fourth-order valence-corrected chi connectivity index (χ4v) is 1.74. The number of carboxylic acids is 1. The van der Waals surface area contributed by atoms with Gasteiger partial charge in [-0.3, -0.25) is 0 Å². The molecular weight excluding hydrogens is 247 g/mol. The molecular formula is C15H13FO3. The third kappa shape index (κ3) is 2.91. The first-order valence-electron chi connectivity index (χ1n) is 5.75. The van der Waals surface area contributed by atoms with Gasteiger partial charge in [0.2, 0.25) is 0 Å². The minimum atomic E-state index is -1.06. The molecule has 0 aromatic heterocycles. The van der Waals surface area contributed by atoms with Crippen LogP contribution in [0.5, 0.6) is 11.5 Å². The van der Waals surface area contributed by atoms with E-state index < -0.39 is 5.97 Å². The lowest BCUT2D eigenvalue weighted by molar-refractivity contribution is 0.0694. The molecule has 0 aliphatic carbocycles. The molecule has 0 fully saturated rings. The van der Waals surface area contributed by atoms with Crippen LogP contribution in [0.25, 0.3) is 0 Å². The fraction of sp³-hybridized carbons (Fsp3) is 0.133. The Hall–Kier alpha value is -2.36. The Labute approximate surface area is 110 Å². The van der Waals surface area contributed by atoms with Crippen molar-refractivity contribution in [1.29, 1.82) is 0 Å². The average molecular weight is 260 g/mol. The number of carbonyl (C=O) groups is 1. The Bertz CT molecular complexity index is 635. The highest BCUT2D eigenvalue weighted by molar-refractivity contribution is 5.91. The van der Waals surface area contributed by atoms with Crippen LogP contribution in [0, 0.1) is 19.7 Å². The van der Waals surface area contributed by atoms with Crippen LogP contribution in [-0.4, -0.2) is 11.1 Å². The van der Waals surface area contributed by atoms with Crippen molar-refractivity contribution >= 4 is 5.97 Å². The maximum atomic E-state index is 13.0. The van der Waals surface area contributed by atoms with Gasteiger partial charge in [-0.05, 0) is 55.3 Å². The number of hydrogen-bond donors (Lipinski definition) is 1. The van der Waals surface area contributed by atoms with Crippen molar-refractivity contribution in [2.75, 3.05) is 0 Å². The minimum Gasteiger partial charge on any atom is -0.478 e. The van der Waals surface area contributed by atoms with Gasteiger partial charge in [0.25, 0.3) is 0 Å². The van der Waals surface area contributed by atoms with E-state index in [2.05, 4.69) is 0 Å². The quantitative estimate of drug-likeness (QED) is 0.909. The van der Waals surface area contributed by atoms with Gasteiger partial charge >= 0.3 is 5.97 Å². The van der Waals surface area contributed by atoms with E-state index in [-0.39, 0.29) is 17.1 Å². The summed E-state index contributed by atoms with van der Waals surface area (Å²) in [6.07, 6.45) is 0. The molecule has 0 saturated carbocycles. The van der Waals surface area contributed by atoms with Crippen LogP contribution in [0.2, 0.25) is 0 Å². The molecule has 1 N–H and O–H groups in total. The number of benzene rings is 2. The molecule has 2 rings (SSSR count). The van der Waals surface area contributed by atoms with Gasteiger partial charge in [0.1, 0.15) is 22.9 Å². The molecule has 0 atom stereocenters. The summed E-state index contributed by atoms with van der Waals surface area (Å²) in [6, 6.07) is 8.94. The Balaban J connectivity index is 2.42. The molecule has 98 valence electrons. The van der Waals surface area contributed by atoms with Crippen LogP contribution in [0.15, 0.2) is 36.4 Å². The van der Waals surface area contributed by atoms with Gasteiger partial charge in [0.05, 0.1) is 0 Å². The topological polar surface area (TPSA) is 46.5 Å². The SMILES string of the molecule is Cc1ccc(C(=O)O)c(Oc2ccc(F)cc2C)c1. The molecule has 2 aromatic carbocycles. The third-order valence-corrected chi connectivity index (χ3v) is 2.72. The Morgan fingerprint density at radius 3 is 2.47 bits per heavy atom. The van der Waals surface area contributed by atoms with E-state index in [1.165, 1.54) is 24.3 Å². The van der Waals surface area contributed by atoms with E-state index in [9.17, 15) is 9.18 Å². The van der Waals surface area contributed by atoms with Crippen molar-refractivity contribution in [3.8, 4) is 11.5 Å². The summed E-state index contributed by atoms with van der Waals surface area (Å²) < 4.78 is 18.6. The number of halogens is 1. The summed E-state index contributed by atoms with van der Waals surface area (Å²) in [6.45, 7) is 3.55. The van der Waals surface area contributed by atoms with E-state index in [4.69, 9.17) is 9.84 Å². The Kier molecular flexibility index (Phi) is 3.51. The number of rotatable bonds is 3. The minimum absolute atomic E-state index is 0.0781. The first kappa shape index (κ1) is 13.1. The first-order valence-corrected chi connectivity index (χ1v) is 5.75. The second-order valence-corrected chi connectivity index (χ2v) is 4.32. The van der Waals surface area contributed by atoms with E-state index in [0.717, 1.165) is 5.56 Å². The third-order valence-electron chi connectivity index (χ3n) is 2.72. The van der Waals surface area contributed by atoms with Crippen molar-refractivity contribution in [3.05, 3.63) is 58.9 Å². The van der Waals surface area contributed by atoms with Gasteiger partial charge in [-0.1, -0.05) is 6.07 Å². The van der Waals surface area contributed by atoms with Gasteiger partial charge in [-0.15, -0.1) is 0 Å². The van der Waals surface area contributed by atoms with Gasteiger partial charge in [-0.2, -0.15) is 0 Å². The van der Waals surface area contributed by atoms with Crippen molar-refractivity contribution < 1.29 is 19.0 Å². The van der Waals surface area contributed by atoms with E-state index in [0.29, 0.717) is 11.3 Å². The number of aryl methyl sites for hydroxylation is 2. The number of ether oxygens (including phenoxy) is 1. The highest BCUT2D eigenvalue weighted by Gasteiger charge is 2.13. The van der Waals surface area contributed by atoms with E-state index in [1.807, 2.05) is 6.92 Å². The molecule has 0 aliphatic heterocycles. The highest BCUT2D eigenvalue weighted by Crippen LogP contribution is 2.29. The van der Waals surface area contributed by atoms with Crippen LogP contribution < -0.4 is 4.74 Å². The molecule has 0 aliphatic rings. The Morgan fingerprint density at radius 1 is 1.11 bits per heavy atom. The van der Waals surface area contributed by atoms with Gasteiger partial charge in [-0.25, -0.2) is 9.18 Å². The van der Waals surface area contributed by atoms with Crippen LogP contribution in [-0.2, 0) is 0 Å². The first-order chi connectivity index (χ1) is 8.97. The van der Waals surface area contributed by atoms with Crippen LogP contribution in [0.3, 0.4) is 0 Å². The molecule has 4 heteroatoms. The van der Waals surface area contributed by atoms with Crippen molar-refractivity contribution in [2.24, 2.45) is 0 Å². The predicted molar refractivity (Wildman–Crippen MR) is 69.3 cm³/mol. The number of carboxylic acid groups (broad SMARTS) is 1. The van der Waals surface area contributed by atoms with Crippen LogP contribution in [0.1, 0.15) is 21.5 Å². The van der Waals surface area contributed by atoms with Crippen molar-refractivity contribution in [2.45, 2.75) is 13.8 Å². The summed E-state index contributed by atoms with van der Waals surface area (Å²) in [7, 11) is 0. The highest BCUT2D eigenvalue weighted by atomic mass is 19.1. The summed E-state index contributed by atoms with van der Waals surface area (Å²) in [5.41, 5.74) is 1.58. The largest absolute Gasteiger partial charge is 0.478 e. The second kappa shape index (κ2) is 5.10. The monoisotopic (exact) mass is 260 g/mol. The fourth-order valence-electron chi connectivity index (χ4n) is 1.74. The standard InChI is InChI=1S/C15H13FO3/c1-9-3-5-12(15(17)18)14(7-9)19-13-6-4-11(16)8-10(13)2/h3-8H,1-2H3,(H,17,18). The van der Waals surface area contributed by atoms with E-state index in [1.54, 1.807) is 19.1 Å². The summed E-state index contributed by atoms with van der Waals surface area (Å²) in [4.78, 5) is 11.1. The number of hydrogen-bond acceptors (Lipinski definition) is 2. The molecule has 0 heterocycles. The lowest BCUT2D eigenvalue weighted by atomic mass is 10.1. The maximum absolute atomic E-state index is 13.0. The van der Waals surface area contributed by atoms with Crippen molar-refractivity contribution in [1.82, 2.24) is 0 Å². The van der Waals surface area contributed by atoms with Crippen LogP contribution in [0.4, 0.5) is 4.39 Å². The van der Waals surface area contributed by atoms with Crippen LogP contribution >= 0.6 is 0 Å². The average Bonchev–Trinajstić information content (AvgIpc) is 2.32. The summed E-state index contributed by atoms with van der Waals surface area (Å²) in [5.74, 6) is -0.723. The van der Waals surface area contributed by atoms with Gasteiger partial charge < -0.3 is 9.84 Å². The van der Waals surface area contributed by atoms with Crippen molar-refractivity contribution in [3.63, 3.8) is 0 Å². The zero-order valence-electron chi connectivity index (χ0n) is 10.6. The molecule has 0 spiro atoms. The molecule has 2 aromatic rings. The molecule has 0 unspecified atom stereocenters. The lowest BCUT2D eigenvalue weighted by Crippen LogP contribution is -2.01. The maximum Gasteiger partial charge on any atom is 0.339 e. The molecule has 0 bridgehead atoms. The molecule has 0 amide bonds. The summed E-state index contributed by atoms with van der Waals surface area (Å²) in [5, 5.41) is 9.11. The molecule has 19 heavy (non-hydrogen) atoms. The zero-order valence-corrected chi connectivity index (χ0v) is 10.6. The number of aromatic carboxylic acids is 1. The zero-order chi connectivity index (χ0) is 14.0. The molecule has 0 saturated heterocycles. The second-order valence-electron chi connectivity index (χ2n) is 4.32.